The lowest BCUT2D eigenvalue weighted by Gasteiger charge is -1.95. The van der Waals surface area contributed by atoms with Gasteiger partial charge in [0.2, 0.25) is 0 Å². The zero-order valence-electron chi connectivity index (χ0n) is 11.9. The molecule has 5 nitrogen and oxygen atoms in total. The number of benzene rings is 2. The van der Waals surface area contributed by atoms with Crippen LogP contribution in [0.5, 0.6) is 0 Å². The summed E-state index contributed by atoms with van der Waals surface area (Å²) >= 11 is 0. The summed E-state index contributed by atoms with van der Waals surface area (Å²) in [5.41, 5.74) is 1.96. The Morgan fingerprint density at radius 1 is 0.727 bits per heavy atom. The van der Waals surface area contributed by atoms with Gasteiger partial charge in [0.25, 0.3) is 19.2 Å². The number of rotatable bonds is 2. The van der Waals surface area contributed by atoms with Crippen LogP contribution in [0.1, 0.15) is 11.1 Å². The summed E-state index contributed by atoms with van der Waals surface area (Å²) in [4.78, 5) is 0.0767. The van der Waals surface area contributed by atoms with E-state index in [9.17, 15) is 16.8 Å². The summed E-state index contributed by atoms with van der Waals surface area (Å²) in [5, 5.41) is 0. The van der Waals surface area contributed by atoms with Crippen LogP contribution in [-0.2, 0) is 19.2 Å². The summed E-state index contributed by atoms with van der Waals surface area (Å²) in [5.74, 6) is 0. The Morgan fingerprint density at radius 2 is 1.05 bits per heavy atom. The van der Waals surface area contributed by atoms with Crippen LogP contribution in [0.3, 0.4) is 0 Å². The highest BCUT2D eigenvalue weighted by Crippen LogP contribution is 2.14. The fraction of sp³-hybridized carbons (Fsp3) is 0.143. The molecule has 0 bridgehead atoms. The molecule has 2 aromatic carbocycles. The molecular weight excluding hydrogens is 348 g/mol. The van der Waals surface area contributed by atoms with Crippen LogP contribution in [0.15, 0.2) is 58.3 Å². The van der Waals surface area contributed by atoms with Crippen molar-refractivity contribution in [2.45, 2.75) is 23.6 Å². The van der Waals surface area contributed by atoms with E-state index in [1.807, 2.05) is 13.8 Å². The van der Waals surface area contributed by atoms with Crippen molar-refractivity contribution < 1.29 is 21.4 Å². The average molecular weight is 363 g/mol. The molecule has 0 amide bonds. The van der Waals surface area contributed by atoms with E-state index in [0.29, 0.717) is 0 Å². The molecule has 0 fully saturated rings. The predicted molar refractivity (Wildman–Crippen MR) is 85.2 cm³/mol. The van der Waals surface area contributed by atoms with Gasteiger partial charge in [-0.3, -0.25) is 4.55 Å². The molecule has 1 N–H and O–H groups in total. The van der Waals surface area contributed by atoms with E-state index in [1.165, 1.54) is 24.3 Å². The highest BCUT2D eigenvalue weighted by atomic mass is 35.7. The summed E-state index contributed by atoms with van der Waals surface area (Å²) in [6, 6.07) is 12.4. The third-order valence-corrected chi connectivity index (χ3v) is 4.86. The van der Waals surface area contributed by atoms with Gasteiger partial charge in [0.05, 0.1) is 9.79 Å². The zero-order valence-corrected chi connectivity index (χ0v) is 14.3. The second-order valence-corrected chi connectivity index (χ2v) is 8.53. The molecule has 0 spiro atoms. The van der Waals surface area contributed by atoms with Crippen molar-refractivity contribution in [1.82, 2.24) is 0 Å². The molecule has 0 aliphatic rings. The van der Waals surface area contributed by atoms with Crippen LogP contribution < -0.4 is 0 Å². The molecule has 0 atom stereocenters. The van der Waals surface area contributed by atoms with Gasteiger partial charge < -0.3 is 0 Å². The van der Waals surface area contributed by atoms with Gasteiger partial charge in [-0.15, -0.1) is 0 Å². The minimum Gasteiger partial charge on any atom is -0.282 e. The smallest absolute Gasteiger partial charge is 0.282 e. The molecule has 120 valence electrons. The number of hydrogen-bond donors (Lipinski definition) is 1. The average Bonchev–Trinajstić information content (AvgIpc) is 2.38. The molecule has 0 saturated carbocycles. The minimum absolute atomic E-state index is 0.0666. The Kier molecular flexibility index (Phi) is 6.13. The highest BCUT2D eigenvalue weighted by molar-refractivity contribution is 8.13. The molecule has 0 unspecified atom stereocenters. The first-order valence-electron chi connectivity index (χ1n) is 6.05. The van der Waals surface area contributed by atoms with Gasteiger partial charge in [-0.05, 0) is 38.1 Å². The van der Waals surface area contributed by atoms with Crippen LogP contribution in [0.2, 0.25) is 0 Å². The van der Waals surface area contributed by atoms with Crippen LogP contribution in [-0.4, -0.2) is 21.4 Å². The summed E-state index contributed by atoms with van der Waals surface area (Å²) in [6.07, 6.45) is 0. The zero-order chi connectivity index (χ0) is 17.0. The summed E-state index contributed by atoms with van der Waals surface area (Å²) < 4.78 is 51.0. The van der Waals surface area contributed by atoms with Crippen molar-refractivity contribution >= 4 is 29.9 Å². The first-order valence-corrected chi connectivity index (χ1v) is 9.80. The molecule has 2 aromatic rings. The fourth-order valence-electron chi connectivity index (χ4n) is 1.41. The molecule has 0 aromatic heterocycles. The van der Waals surface area contributed by atoms with Crippen LogP contribution in [0, 0.1) is 13.8 Å². The molecule has 0 radical (unpaired) electrons. The fourth-order valence-corrected chi connectivity index (χ4v) is 2.66. The number of hydrogen-bond acceptors (Lipinski definition) is 4. The van der Waals surface area contributed by atoms with Gasteiger partial charge in [0, 0.05) is 10.7 Å². The largest absolute Gasteiger partial charge is 0.294 e. The Balaban J connectivity index is 0.000000220. The molecular formula is C14H15ClO5S2. The normalized spacial score (nSPS) is 11.5. The maximum Gasteiger partial charge on any atom is 0.294 e. The standard InChI is InChI=1S/C7H7ClO2S.C7H8O3S/c2*1-6-2-4-7(5-3-6)11(8,9)10/h2-5H,1H3;2-5H,1H3,(H,8,9,10). The lowest BCUT2D eigenvalue weighted by atomic mass is 10.2. The third kappa shape index (κ3) is 6.15. The summed E-state index contributed by atoms with van der Waals surface area (Å²) in [6.45, 7) is 3.72. The Morgan fingerprint density at radius 3 is 1.32 bits per heavy atom. The van der Waals surface area contributed by atoms with Crippen molar-refractivity contribution in [3.63, 3.8) is 0 Å². The third-order valence-electron chi connectivity index (χ3n) is 2.62. The van der Waals surface area contributed by atoms with Crippen molar-refractivity contribution in [3.8, 4) is 0 Å². The van der Waals surface area contributed by atoms with E-state index in [1.54, 1.807) is 24.3 Å². The van der Waals surface area contributed by atoms with Gasteiger partial charge in [0.15, 0.2) is 0 Å². The van der Waals surface area contributed by atoms with Crippen molar-refractivity contribution in [2.75, 3.05) is 0 Å². The number of aryl methyl sites for hydroxylation is 2. The second-order valence-electron chi connectivity index (χ2n) is 4.54. The van der Waals surface area contributed by atoms with E-state index < -0.39 is 19.2 Å². The monoisotopic (exact) mass is 362 g/mol. The van der Waals surface area contributed by atoms with Crippen LogP contribution in [0.25, 0.3) is 0 Å². The SMILES string of the molecule is Cc1ccc(S(=O)(=O)Cl)cc1.Cc1ccc(S(=O)(=O)O)cc1. The molecule has 22 heavy (non-hydrogen) atoms. The van der Waals surface area contributed by atoms with E-state index in [4.69, 9.17) is 15.2 Å². The molecule has 0 aliphatic heterocycles. The highest BCUT2D eigenvalue weighted by Gasteiger charge is 2.07. The van der Waals surface area contributed by atoms with Crippen LogP contribution in [0.4, 0.5) is 0 Å². The van der Waals surface area contributed by atoms with E-state index >= 15 is 0 Å². The first-order chi connectivity index (χ1) is 10.00. The quantitative estimate of drug-likeness (QED) is 0.654. The molecule has 8 heteroatoms. The Bertz CT molecular complexity index is 750. The second kappa shape index (κ2) is 7.23. The lowest BCUT2D eigenvalue weighted by Crippen LogP contribution is -1.96. The maximum absolute atomic E-state index is 10.7. The van der Waals surface area contributed by atoms with Gasteiger partial charge in [-0.1, -0.05) is 35.4 Å². The van der Waals surface area contributed by atoms with Gasteiger partial charge in [0.1, 0.15) is 0 Å². The topological polar surface area (TPSA) is 88.5 Å². The van der Waals surface area contributed by atoms with Gasteiger partial charge in [-0.2, -0.15) is 8.42 Å². The first kappa shape index (κ1) is 18.6. The summed E-state index contributed by atoms with van der Waals surface area (Å²) in [7, 11) is -2.48. The maximum atomic E-state index is 10.7. The van der Waals surface area contributed by atoms with Crippen LogP contribution >= 0.6 is 10.7 Å². The van der Waals surface area contributed by atoms with E-state index in [-0.39, 0.29) is 9.79 Å². The Hall–Kier alpha value is -1.41. The molecule has 2 rings (SSSR count). The van der Waals surface area contributed by atoms with Crippen molar-refractivity contribution in [3.05, 3.63) is 59.7 Å². The number of halogens is 1. The molecule has 0 heterocycles. The minimum atomic E-state index is -4.02. The van der Waals surface area contributed by atoms with Gasteiger partial charge in [-0.25, -0.2) is 8.42 Å². The van der Waals surface area contributed by atoms with Crippen molar-refractivity contribution in [1.29, 1.82) is 0 Å². The molecule has 0 aliphatic carbocycles. The van der Waals surface area contributed by atoms with Crippen molar-refractivity contribution in [2.24, 2.45) is 0 Å². The van der Waals surface area contributed by atoms with Gasteiger partial charge >= 0.3 is 0 Å². The molecule has 0 saturated heterocycles. The van der Waals surface area contributed by atoms with E-state index in [0.717, 1.165) is 11.1 Å². The predicted octanol–water partition coefficient (Wildman–Crippen LogP) is 3.16. The Labute approximate surface area is 134 Å². The van der Waals surface area contributed by atoms with E-state index in [2.05, 4.69) is 0 Å². The lowest BCUT2D eigenvalue weighted by molar-refractivity contribution is 0.483.